The molecule has 9 nitrogen and oxygen atoms in total. The molecule has 2 aliphatic heterocycles. The van der Waals surface area contributed by atoms with Crippen LogP contribution in [0.25, 0.3) is 0 Å². The number of carbonyl (C=O) groups is 3. The first-order chi connectivity index (χ1) is 14.2. The van der Waals surface area contributed by atoms with Crippen LogP contribution in [-0.2, 0) is 28.5 Å². The Morgan fingerprint density at radius 1 is 1.00 bits per heavy atom. The predicted molar refractivity (Wildman–Crippen MR) is 111 cm³/mol. The molecule has 178 valence electrons. The third-order valence-electron chi connectivity index (χ3n) is 4.83. The zero-order valence-electron chi connectivity index (χ0n) is 19.9. The largest absolute Gasteiger partial charge is 0.458 e. The number of cyclic esters (lactones) is 1. The molecule has 0 aromatic carbocycles. The highest BCUT2D eigenvalue weighted by molar-refractivity contribution is 5.94. The van der Waals surface area contributed by atoms with Gasteiger partial charge in [-0.3, -0.25) is 0 Å². The lowest BCUT2D eigenvalue weighted by Crippen LogP contribution is -2.53. The zero-order valence-corrected chi connectivity index (χ0v) is 19.9. The van der Waals surface area contributed by atoms with Gasteiger partial charge in [0.1, 0.15) is 29.5 Å². The second-order valence-corrected chi connectivity index (χ2v) is 10.0. The monoisotopic (exact) mass is 443 g/mol. The van der Waals surface area contributed by atoms with Crippen molar-refractivity contribution < 1.29 is 38.1 Å². The summed E-state index contributed by atoms with van der Waals surface area (Å²) in [5.41, 5.74) is -1.72. The zero-order chi connectivity index (χ0) is 23.6. The van der Waals surface area contributed by atoms with E-state index in [1.807, 2.05) is 6.92 Å². The normalized spacial score (nSPS) is 29.7. The molecule has 2 heterocycles. The lowest BCUT2D eigenvalue weighted by Gasteiger charge is -2.32. The van der Waals surface area contributed by atoms with E-state index < -0.39 is 47.6 Å². The molecule has 0 bridgehead atoms. The number of carbonyl (C=O) groups excluding carboxylic acids is 3. The summed E-state index contributed by atoms with van der Waals surface area (Å²) in [4.78, 5) is 39.7. The van der Waals surface area contributed by atoms with Gasteiger partial charge >= 0.3 is 18.2 Å². The number of ether oxygens (including phenoxy) is 5. The number of fused-ring (bicyclic) bond motifs is 1. The van der Waals surface area contributed by atoms with Gasteiger partial charge in [0.15, 0.2) is 6.29 Å². The number of nitrogens with zero attached hydrogens (tertiary/aromatic N) is 1. The van der Waals surface area contributed by atoms with E-state index in [0.717, 1.165) is 4.90 Å². The Morgan fingerprint density at radius 3 is 2.03 bits per heavy atom. The first-order valence-corrected chi connectivity index (χ1v) is 11.0. The fourth-order valence-corrected chi connectivity index (χ4v) is 3.55. The molecular formula is C22H37NO8. The summed E-state index contributed by atoms with van der Waals surface area (Å²) in [7, 11) is 0. The standard InChI is InChI=1S/C22H37NO8/c1-9-16-28-15-12-10-11-14(18(24)27-13(2)17(15)29-16)23(19(25)30-21(3,4)5)20(26)31-22(6,7)8/h13-17H,9-12H2,1-8H3. The number of hydrogen-bond donors (Lipinski definition) is 0. The minimum absolute atomic E-state index is 0.202. The number of hydrogen-bond acceptors (Lipinski definition) is 8. The van der Waals surface area contributed by atoms with E-state index in [2.05, 4.69) is 0 Å². The highest BCUT2D eigenvalue weighted by Gasteiger charge is 2.46. The molecule has 2 saturated heterocycles. The molecule has 0 radical (unpaired) electrons. The van der Waals surface area contributed by atoms with Crippen LogP contribution in [0.1, 0.15) is 81.1 Å². The van der Waals surface area contributed by atoms with Crippen LogP contribution in [0, 0.1) is 0 Å². The van der Waals surface area contributed by atoms with Crippen molar-refractivity contribution in [2.24, 2.45) is 0 Å². The Labute approximate surface area is 184 Å². The van der Waals surface area contributed by atoms with Crippen LogP contribution in [0.4, 0.5) is 9.59 Å². The first kappa shape index (κ1) is 25.4. The molecule has 2 aliphatic rings. The van der Waals surface area contributed by atoms with Crippen molar-refractivity contribution in [1.29, 1.82) is 0 Å². The van der Waals surface area contributed by atoms with Gasteiger partial charge in [-0.15, -0.1) is 0 Å². The summed E-state index contributed by atoms with van der Waals surface area (Å²) < 4.78 is 28.2. The molecule has 2 fully saturated rings. The number of esters is 1. The summed E-state index contributed by atoms with van der Waals surface area (Å²) in [6.45, 7) is 13.8. The highest BCUT2D eigenvalue weighted by Crippen LogP contribution is 2.31. The van der Waals surface area contributed by atoms with Gasteiger partial charge in [-0.05, 0) is 74.1 Å². The molecular weight excluding hydrogens is 406 g/mol. The number of amides is 2. The van der Waals surface area contributed by atoms with E-state index in [9.17, 15) is 14.4 Å². The molecule has 9 heteroatoms. The summed E-state index contributed by atoms with van der Waals surface area (Å²) in [6, 6.07) is -1.17. The van der Waals surface area contributed by atoms with Gasteiger partial charge in [-0.1, -0.05) is 6.92 Å². The maximum Gasteiger partial charge on any atom is 0.420 e. The summed E-state index contributed by atoms with van der Waals surface area (Å²) in [5, 5.41) is 0. The smallest absolute Gasteiger partial charge is 0.420 e. The Hall–Kier alpha value is -1.87. The summed E-state index contributed by atoms with van der Waals surface area (Å²) >= 11 is 0. The quantitative estimate of drug-likeness (QED) is 0.463. The van der Waals surface area contributed by atoms with Crippen LogP contribution in [-0.4, -0.2) is 64.9 Å². The van der Waals surface area contributed by atoms with Crippen molar-refractivity contribution in [2.75, 3.05) is 0 Å². The Morgan fingerprint density at radius 2 is 1.55 bits per heavy atom. The minimum Gasteiger partial charge on any atom is -0.458 e. The maximum atomic E-state index is 13.1. The van der Waals surface area contributed by atoms with Gasteiger partial charge in [-0.2, -0.15) is 4.90 Å². The lowest BCUT2D eigenvalue weighted by molar-refractivity contribution is -0.162. The van der Waals surface area contributed by atoms with Crippen molar-refractivity contribution >= 4 is 18.2 Å². The lowest BCUT2D eigenvalue weighted by atomic mass is 10.0. The van der Waals surface area contributed by atoms with E-state index >= 15 is 0 Å². The van der Waals surface area contributed by atoms with E-state index in [-0.39, 0.29) is 18.8 Å². The molecule has 0 spiro atoms. The van der Waals surface area contributed by atoms with Crippen LogP contribution < -0.4 is 0 Å². The maximum absolute atomic E-state index is 13.1. The Bertz CT molecular complexity index is 637. The van der Waals surface area contributed by atoms with Gasteiger partial charge in [0, 0.05) is 0 Å². The molecule has 0 aromatic rings. The van der Waals surface area contributed by atoms with Gasteiger partial charge in [-0.25, -0.2) is 14.4 Å². The van der Waals surface area contributed by atoms with Crippen molar-refractivity contribution in [3.63, 3.8) is 0 Å². The van der Waals surface area contributed by atoms with Crippen LogP contribution in [0.15, 0.2) is 0 Å². The molecule has 0 aromatic heterocycles. The van der Waals surface area contributed by atoms with E-state index in [4.69, 9.17) is 23.7 Å². The molecule has 31 heavy (non-hydrogen) atoms. The van der Waals surface area contributed by atoms with E-state index in [1.54, 1.807) is 48.5 Å². The molecule has 2 amide bonds. The van der Waals surface area contributed by atoms with E-state index in [0.29, 0.717) is 19.3 Å². The number of imide groups is 1. The average molecular weight is 444 g/mol. The minimum atomic E-state index is -1.17. The average Bonchev–Trinajstić information content (AvgIpc) is 3.01. The molecule has 2 rings (SSSR count). The van der Waals surface area contributed by atoms with Crippen molar-refractivity contribution in [1.82, 2.24) is 4.90 Å². The van der Waals surface area contributed by atoms with Gasteiger partial charge in [0.05, 0.1) is 6.10 Å². The van der Waals surface area contributed by atoms with Crippen molar-refractivity contribution in [3.8, 4) is 0 Å². The van der Waals surface area contributed by atoms with Gasteiger partial charge < -0.3 is 23.7 Å². The first-order valence-electron chi connectivity index (χ1n) is 11.0. The van der Waals surface area contributed by atoms with Crippen LogP contribution >= 0.6 is 0 Å². The fourth-order valence-electron chi connectivity index (χ4n) is 3.55. The molecule has 0 aliphatic carbocycles. The van der Waals surface area contributed by atoms with Crippen LogP contribution in [0.3, 0.4) is 0 Å². The third-order valence-corrected chi connectivity index (χ3v) is 4.83. The fraction of sp³-hybridized carbons (Fsp3) is 0.864. The summed E-state index contributed by atoms with van der Waals surface area (Å²) in [6.07, 6.45) is -1.42. The molecule has 5 atom stereocenters. The Balaban J connectivity index is 2.28. The van der Waals surface area contributed by atoms with Crippen LogP contribution in [0.2, 0.25) is 0 Å². The molecule has 0 N–H and O–H groups in total. The van der Waals surface area contributed by atoms with Crippen molar-refractivity contribution in [2.45, 2.75) is 123 Å². The Kier molecular flexibility index (Phi) is 7.97. The summed E-state index contributed by atoms with van der Waals surface area (Å²) in [5.74, 6) is -0.701. The SMILES string of the molecule is CCC1OC2CCCC(N(C(=O)OC(C)(C)C)C(=O)OC(C)(C)C)C(=O)OC(C)C2O1. The second-order valence-electron chi connectivity index (χ2n) is 10.0. The van der Waals surface area contributed by atoms with Crippen molar-refractivity contribution in [3.05, 3.63) is 0 Å². The topological polar surface area (TPSA) is 101 Å². The molecule has 0 saturated carbocycles. The number of rotatable bonds is 2. The van der Waals surface area contributed by atoms with Crippen LogP contribution in [0.5, 0.6) is 0 Å². The third kappa shape index (κ3) is 7.07. The highest BCUT2D eigenvalue weighted by atomic mass is 16.7. The van der Waals surface area contributed by atoms with E-state index in [1.165, 1.54) is 0 Å². The molecule has 5 unspecified atom stereocenters. The predicted octanol–water partition coefficient (Wildman–Crippen LogP) is 4.16. The van der Waals surface area contributed by atoms with Gasteiger partial charge in [0.2, 0.25) is 0 Å². The second kappa shape index (κ2) is 9.73. The van der Waals surface area contributed by atoms with Gasteiger partial charge in [0.25, 0.3) is 0 Å².